The number of hydrazone groups is 1. The second-order valence-corrected chi connectivity index (χ2v) is 7.89. The van der Waals surface area contributed by atoms with Crippen LogP contribution >= 0.6 is 11.8 Å². The molecule has 0 radical (unpaired) electrons. The van der Waals surface area contributed by atoms with Crippen molar-refractivity contribution in [3.8, 4) is 0 Å². The van der Waals surface area contributed by atoms with Gasteiger partial charge < -0.3 is 4.57 Å². The summed E-state index contributed by atoms with van der Waals surface area (Å²) in [6.45, 7) is 2.79. The minimum Gasteiger partial charge on any atom is -0.314 e. The number of carbonyl (C=O) groups is 1. The smallest absolute Gasteiger partial charge is 0.250 e. The molecule has 4 aromatic rings. The third-order valence-electron chi connectivity index (χ3n) is 4.62. The highest BCUT2D eigenvalue weighted by Gasteiger charge is 2.13. The van der Waals surface area contributed by atoms with Gasteiger partial charge >= 0.3 is 0 Å². The van der Waals surface area contributed by atoms with Gasteiger partial charge in [-0.25, -0.2) is 10.4 Å². The van der Waals surface area contributed by atoms with E-state index in [0.29, 0.717) is 6.54 Å². The van der Waals surface area contributed by atoms with Crippen LogP contribution in [0.15, 0.2) is 89.1 Å². The monoisotopic (exact) mass is 414 g/mol. The SMILES string of the molecule is Cc1ccc(Cn2c(SCC(=O)N/N=C\c3ccccc3)nc3ccccc32)cc1. The number of benzene rings is 3. The summed E-state index contributed by atoms with van der Waals surface area (Å²) in [6, 6.07) is 26.2. The number of aryl methyl sites for hydroxylation is 1. The lowest BCUT2D eigenvalue weighted by Gasteiger charge is -2.09. The maximum atomic E-state index is 12.2. The quantitative estimate of drug-likeness (QED) is 0.272. The normalized spacial score (nSPS) is 11.2. The Bertz CT molecular complexity index is 1170. The van der Waals surface area contributed by atoms with Crippen LogP contribution in [0.1, 0.15) is 16.7 Å². The molecule has 0 saturated carbocycles. The van der Waals surface area contributed by atoms with Crippen LogP contribution in [0.25, 0.3) is 11.0 Å². The lowest BCUT2D eigenvalue weighted by Crippen LogP contribution is -2.20. The fourth-order valence-electron chi connectivity index (χ4n) is 3.07. The van der Waals surface area contributed by atoms with Crippen molar-refractivity contribution >= 4 is 34.9 Å². The van der Waals surface area contributed by atoms with Gasteiger partial charge in [0.2, 0.25) is 0 Å². The molecular formula is C24H22N4OS. The van der Waals surface area contributed by atoms with Gasteiger partial charge in [-0.05, 0) is 30.2 Å². The van der Waals surface area contributed by atoms with Crippen LogP contribution in [0.4, 0.5) is 0 Å². The van der Waals surface area contributed by atoms with Crippen LogP contribution in [0.5, 0.6) is 0 Å². The first kappa shape index (κ1) is 19.9. The van der Waals surface area contributed by atoms with Crippen LogP contribution in [0.3, 0.4) is 0 Å². The number of rotatable bonds is 7. The second-order valence-electron chi connectivity index (χ2n) is 6.95. The van der Waals surface area contributed by atoms with Crippen molar-refractivity contribution in [1.29, 1.82) is 0 Å². The standard InChI is InChI=1S/C24H22N4OS/c1-18-11-13-20(14-12-18)16-28-22-10-6-5-9-21(22)26-24(28)30-17-23(29)27-25-15-19-7-3-2-4-8-19/h2-15H,16-17H2,1H3,(H,27,29)/b25-15-. The van der Waals surface area contributed by atoms with Gasteiger partial charge in [-0.1, -0.05) is 84.1 Å². The van der Waals surface area contributed by atoms with Gasteiger partial charge in [-0.2, -0.15) is 5.10 Å². The number of hydrogen-bond acceptors (Lipinski definition) is 4. The summed E-state index contributed by atoms with van der Waals surface area (Å²) in [5, 5.41) is 4.85. The van der Waals surface area contributed by atoms with Crippen LogP contribution in [-0.4, -0.2) is 27.4 Å². The Labute approximate surface area is 179 Å². The van der Waals surface area contributed by atoms with Crippen molar-refractivity contribution in [3.05, 3.63) is 95.6 Å². The molecule has 6 heteroatoms. The summed E-state index contributed by atoms with van der Waals surface area (Å²) >= 11 is 1.42. The topological polar surface area (TPSA) is 59.3 Å². The number of carbonyl (C=O) groups excluding carboxylic acids is 1. The average Bonchev–Trinajstić information content (AvgIpc) is 3.12. The van der Waals surface area contributed by atoms with Crippen LogP contribution in [0, 0.1) is 6.92 Å². The number of aromatic nitrogens is 2. The van der Waals surface area contributed by atoms with Crippen molar-refractivity contribution in [2.45, 2.75) is 18.6 Å². The molecule has 0 unspecified atom stereocenters. The van der Waals surface area contributed by atoms with Crippen molar-refractivity contribution in [2.75, 3.05) is 5.75 Å². The Morgan fingerprint density at radius 3 is 2.57 bits per heavy atom. The van der Waals surface area contributed by atoms with Crippen LogP contribution < -0.4 is 5.43 Å². The number of nitrogens with zero attached hydrogens (tertiary/aromatic N) is 3. The second kappa shape index (κ2) is 9.41. The number of hydrogen-bond donors (Lipinski definition) is 1. The molecular weight excluding hydrogens is 392 g/mol. The summed E-state index contributed by atoms with van der Waals surface area (Å²) in [5.74, 6) is 0.0738. The third kappa shape index (κ3) is 4.96. The maximum absolute atomic E-state index is 12.2. The molecule has 3 aromatic carbocycles. The zero-order chi connectivity index (χ0) is 20.8. The fraction of sp³-hybridized carbons (Fsp3) is 0.125. The molecule has 0 atom stereocenters. The summed E-state index contributed by atoms with van der Waals surface area (Å²) < 4.78 is 2.16. The predicted octanol–water partition coefficient (Wildman–Crippen LogP) is 4.64. The minimum atomic E-state index is -0.166. The molecule has 0 aliphatic carbocycles. The van der Waals surface area contributed by atoms with E-state index in [9.17, 15) is 4.79 Å². The van der Waals surface area contributed by atoms with Crippen molar-refractivity contribution in [3.63, 3.8) is 0 Å². The lowest BCUT2D eigenvalue weighted by atomic mass is 10.1. The van der Waals surface area contributed by atoms with E-state index < -0.39 is 0 Å². The van der Waals surface area contributed by atoms with E-state index in [1.165, 1.54) is 22.9 Å². The average molecular weight is 415 g/mol. The van der Waals surface area contributed by atoms with E-state index in [2.05, 4.69) is 52.3 Å². The third-order valence-corrected chi connectivity index (χ3v) is 5.59. The summed E-state index contributed by atoms with van der Waals surface area (Å²) in [5.41, 5.74) is 7.93. The highest BCUT2D eigenvalue weighted by Crippen LogP contribution is 2.25. The molecule has 1 heterocycles. The van der Waals surface area contributed by atoms with E-state index in [0.717, 1.165) is 21.8 Å². The number of para-hydroxylation sites is 2. The van der Waals surface area contributed by atoms with E-state index in [1.54, 1.807) is 6.21 Å². The van der Waals surface area contributed by atoms with E-state index in [-0.39, 0.29) is 11.7 Å². The molecule has 0 spiro atoms. The number of imidazole rings is 1. The largest absolute Gasteiger partial charge is 0.314 e. The summed E-state index contributed by atoms with van der Waals surface area (Å²) in [7, 11) is 0. The number of nitrogens with one attached hydrogen (secondary N) is 1. The van der Waals surface area contributed by atoms with E-state index >= 15 is 0 Å². The van der Waals surface area contributed by atoms with Gasteiger partial charge in [-0.15, -0.1) is 0 Å². The molecule has 30 heavy (non-hydrogen) atoms. The zero-order valence-electron chi connectivity index (χ0n) is 16.7. The molecule has 4 rings (SSSR count). The Balaban J connectivity index is 1.46. The Morgan fingerprint density at radius 2 is 1.77 bits per heavy atom. The van der Waals surface area contributed by atoms with Gasteiger partial charge in [0.15, 0.2) is 5.16 Å². The van der Waals surface area contributed by atoms with Gasteiger partial charge in [0.05, 0.1) is 29.5 Å². The molecule has 0 aliphatic heterocycles. The number of thioether (sulfide) groups is 1. The van der Waals surface area contributed by atoms with Crippen LogP contribution in [0.2, 0.25) is 0 Å². The van der Waals surface area contributed by atoms with Gasteiger partial charge in [0.25, 0.3) is 5.91 Å². The van der Waals surface area contributed by atoms with Gasteiger partial charge in [-0.3, -0.25) is 4.79 Å². The Hall–Kier alpha value is -3.38. The Morgan fingerprint density at radius 1 is 1.03 bits per heavy atom. The molecule has 0 fully saturated rings. The molecule has 0 aliphatic rings. The number of amides is 1. The van der Waals surface area contributed by atoms with Gasteiger partial charge in [0, 0.05) is 0 Å². The molecule has 1 aromatic heterocycles. The molecule has 0 saturated heterocycles. The first-order valence-electron chi connectivity index (χ1n) is 9.69. The molecule has 150 valence electrons. The molecule has 1 N–H and O–H groups in total. The highest BCUT2D eigenvalue weighted by atomic mass is 32.2. The lowest BCUT2D eigenvalue weighted by molar-refractivity contribution is -0.118. The van der Waals surface area contributed by atoms with Crippen LogP contribution in [-0.2, 0) is 11.3 Å². The first-order chi connectivity index (χ1) is 14.7. The van der Waals surface area contributed by atoms with E-state index in [1.807, 2.05) is 48.5 Å². The maximum Gasteiger partial charge on any atom is 0.250 e. The zero-order valence-corrected chi connectivity index (χ0v) is 17.5. The van der Waals surface area contributed by atoms with E-state index in [4.69, 9.17) is 4.98 Å². The number of fused-ring (bicyclic) bond motifs is 1. The minimum absolute atomic E-state index is 0.166. The van der Waals surface area contributed by atoms with Crippen molar-refractivity contribution < 1.29 is 4.79 Å². The van der Waals surface area contributed by atoms with Crippen molar-refractivity contribution in [1.82, 2.24) is 15.0 Å². The fourth-order valence-corrected chi connectivity index (χ4v) is 3.88. The predicted molar refractivity (Wildman–Crippen MR) is 123 cm³/mol. The summed E-state index contributed by atoms with van der Waals surface area (Å²) in [4.78, 5) is 17.0. The Kier molecular flexibility index (Phi) is 6.25. The first-order valence-corrected chi connectivity index (χ1v) is 10.7. The molecule has 0 bridgehead atoms. The molecule has 5 nitrogen and oxygen atoms in total. The molecule has 1 amide bonds. The van der Waals surface area contributed by atoms with Gasteiger partial charge in [0.1, 0.15) is 0 Å². The highest BCUT2D eigenvalue weighted by molar-refractivity contribution is 7.99. The van der Waals surface area contributed by atoms with Crippen molar-refractivity contribution in [2.24, 2.45) is 5.10 Å². The summed E-state index contributed by atoms with van der Waals surface area (Å²) in [6.07, 6.45) is 1.63.